The summed E-state index contributed by atoms with van der Waals surface area (Å²) in [5.74, 6) is 2.39. The molecule has 6 heteroatoms. The molecule has 1 aromatic rings. The maximum atomic E-state index is 5.81. The van der Waals surface area contributed by atoms with Crippen molar-refractivity contribution < 1.29 is 4.42 Å². The summed E-state index contributed by atoms with van der Waals surface area (Å²) < 4.78 is 5.81. The molecule has 1 saturated heterocycles. The Morgan fingerprint density at radius 3 is 2.80 bits per heavy atom. The summed E-state index contributed by atoms with van der Waals surface area (Å²) in [7, 11) is 1.79. The number of oxazole rings is 1. The molecule has 1 unspecified atom stereocenters. The maximum Gasteiger partial charge on any atom is 0.213 e. The molecule has 2 N–H and O–H groups in total. The second-order valence-corrected chi connectivity index (χ2v) is 7.81. The average Bonchev–Trinajstić information content (AvgIpc) is 3.07. The highest BCUT2D eigenvalue weighted by molar-refractivity contribution is 5.79. The van der Waals surface area contributed by atoms with Crippen molar-refractivity contribution in [1.82, 2.24) is 20.5 Å². The van der Waals surface area contributed by atoms with Crippen molar-refractivity contribution in [3.8, 4) is 0 Å². The normalized spacial score (nSPS) is 19.9. The molecule has 25 heavy (non-hydrogen) atoms. The largest absolute Gasteiger partial charge is 0.443 e. The van der Waals surface area contributed by atoms with Crippen LogP contribution in [-0.2, 0) is 12.0 Å². The highest BCUT2D eigenvalue weighted by Crippen LogP contribution is 2.22. The molecule has 2 rings (SSSR count). The van der Waals surface area contributed by atoms with Gasteiger partial charge in [0.05, 0.1) is 12.7 Å². The second kappa shape index (κ2) is 9.22. The van der Waals surface area contributed by atoms with Crippen molar-refractivity contribution in [3.05, 3.63) is 17.8 Å². The molecule has 142 valence electrons. The molecule has 1 atom stereocenters. The first kappa shape index (κ1) is 19.8. The Kier molecular flexibility index (Phi) is 7.29. The van der Waals surface area contributed by atoms with Gasteiger partial charge in [-0.15, -0.1) is 0 Å². The van der Waals surface area contributed by atoms with Crippen molar-refractivity contribution in [3.63, 3.8) is 0 Å². The zero-order valence-corrected chi connectivity index (χ0v) is 16.6. The minimum Gasteiger partial charge on any atom is -0.443 e. The van der Waals surface area contributed by atoms with Crippen molar-refractivity contribution in [2.24, 2.45) is 4.99 Å². The average molecular weight is 350 g/mol. The quantitative estimate of drug-likeness (QED) is 0.611. The van der Waals surface area contributed by atoms with E-state index in [4.69, 9.17) is 4.42 Å². The fourth-order valence-corrected chi connectivity index (χ4v) is 3.25. The molecule has 2 heterocycles. The first-order valence-electron chi connectivity index (χ1n) is 9.57. The number of aliphatic imine (C=N–C) groups is 1. The summed E-state index contributed by atoms with van der Waals surface area (Å²) >= 11 is 0. The van der Waals surface area contributed by atoms with Crippen LogP contribution in [0, 0.1) is 0 Å². The van der Waals surface area contributed by atoms with Gasteiger partial charge in [0.25, 0.3) is 0 Å². The van der Waals surface area contributed by atoms with Crippen molar-refractivity contribution in [2.75, 3.05) is 26.7 Å². The van der Waals surface area contributed by atoms with E-state index in [1.807, 2.05) is 6.20 Å². The smallest absolute Gasteiger partial charge is 0.213 e. The van der Waals surface area contributed by atoms with Gasteiger partial charge in [0.1, 0.15) is 5.76 Å². The van der Waals surface area contributed by atoms with Gasteiger partial charge in [0, 0.05) is 31.6 Å². The van der Waals surface area contributed by atoms with E-state index in [2.05, 4.69) is 53.2 Å². The van der Waals surface area contributed by atoms with Gasteiger partial charge < -0.3 is 15.1 Å². The number of guanidine groups is 1. The predicted molar refractivity (Wildman–Crippen MR) is 103 cm³/mol. The van der Waals surface area contributed by atoms with Gasteiger partial charge in [-0.1, -0.05) is 34.1 Å². The molecule has 0 amide bonds. The summed E-state index contributed by atoms with van der Waals surface area (Å²) in [5.41, 5.74) is -0.0184. The van der Waals surface area contributed by atoms with Crippen LogP contribution in [0.2, 0.25) is 0 Å². The molecule has 1 aromatic heterocycles. The summed E-state index contributed by atoms with van der Waals surface area (Å²) in [5, 5.41) is 6.67. The van der Waals surface area contributed by atoms with Gasteiger partial charge in [0.15, 0.2) is 5.96 Å². The van der Waals surface area contributed by atoms with E-state index in [1.165, 1.54) is 32.2 Å². The van der Waals surface area contributed by atoms with Crippen LogP contribution in [0.1, 0.15) is 65.0 Å². The van der Waals surface area contributed by atoms with Crippen LogP contribution in [0.4, 0.5) is 0 Å². The summed E-state index contributed by atoms with van der Waals surface area (Å²) in [4.78, 5) is 11.2. The minimum absolute atomic E-state index is 0.0184. The van der Waals surface area contributed by atoms with Gasteiger partial charge in [-0.2, -0.15) is 0 Å². The van der Waals surface area contributed by atoms with Crippen LogP contribution in [0.25, 0.3) is 0 Å². The lowest BCUT2D eigenvalue weighted by molar-refractivity contribution is 0.147. The van der Waals surface area contributed by atoms with E-state index >= 15 is 0 Å². The van der Waals surface area contributed by atoms with Crippen molar-refractivity contribution in [1.29, 1.82) is 0 Å². The third kappa shape index (κ3) is 6.03. The monoisotopic (exact) mass is 349 g/mol. The van der Waals surface area contributed by atoms with E-state index in [9.17, 15) is 0 Å². The lowest BCUT2D eigenvalue weighted by Gasteiger charge is -2.35. The lowest BCUT2D eigenvalue weighted by atomic mass is 9.94. The minimum atomic E-state index is -0.0184. The van der Waals surface area contributed by atoms with Crippen molar-refractivity contribution >= 4 is 5.96 Å². The number of aromatic nitrogens is 1. The highest BCUT2D eigenvalue weighted by atomic mass is 16.4. The first-order valence-corrected chi connectivity index (χ1v) is 9.57. The molecule has 0 radical (unpaired) electrons. The van der Waals surface area contributed by atoms with Crippen LogP contribution >= 0.6 is 0 Å². The van der Waals surface area contributed by atoms with Crippen LogP contribution in [-0.4, -0.2) is 48.6 Å². The molecule has 6 nitrogen and oxygen atoms in total. The first-order chi connectivity index (χ1) is 11.9. The topological polar surface area (TPSA) is 65.7 Å². The highest BCUT2D eigenvalue weighted by Gasteiger charge is 2.20. The van der Waals surface area contributed by atoms with Crippen LogP contribution in [0.5, 0.6) is 0 Å². The molecule has 0 aliphatic carbocycles. The Bertz CT molecular complexity index is 546. The van der Waals surface area contributed by atoms with Crippen LogP contribution in [0.3, 0.4) is 0 Å². The zero-order chi connectivity index (χ0) is 18.3. The van der Waals surface area contributed by atoms with E-state index in [-0.39, 0.29) is 5.41 Å². The molecular weight excluding hydrogens is 314 g/mol. The molecule has 1 aliphatic rings. The number of likely N-dealkylation sites (tertiary alicyclic amines) is 1. The number of nitrogens with one attached hydrogen (secondary N) is 2. The Morgan fingerprint density at radius 1 is 1.36 bits per heavy atom. The lowest BCUT2D eigenvalue weighted by Crippen LogP contribution is -2.45. The number of nitrogens with zero attached hydrogens (tertiary/aromatic N) is 3. The second-order valence-electron chi connectivity index (χ2n) is 7.81. The molecule has 0 saturated carbocycles. The van der Waals surface area contributed by atoms with Gasteiger partial charge in [-0.3, -0.25) is 9.89 Å². The molecular formula is C19H35N5O. The summed E-state index contributed by atoms with van der Waals surface area (Å²) in [6.45, 7) is 12.4. The van der Waals surface area contributed by atoms with E-state index in [0.29, 0.717) is 12.4 Å². The summed E-state index contributed by atoms with van der Waals surface area (Å²) in [6.07, 6.45) is 7.09. The Labute approximate surface area is 152 Å². The van der Waals surface area contributed by atoms with E-state index in [0.717, 1.165) is 30.9 Å². The number of hydrogen-bond donors (Lipinski definition) is 2. The van der Waals surface area contributed by atoms with Crippen molar-refractivity contribution in [2.45, 2.75) is 71.4 Å². The number of rotatable bonds is 6. The number of hydrogen-bond acceptors (Lipinski definition) is 4. The van der Waals surface area contributed by atoms with Gasteiger partial charge in [0.2, 0.25) is 5.89 Å². The van der Waals surface area contributed by atoms with E-state index < -0.39 is 0 Å². The Morgan fingerprint density at radius 2 is 2.16 bits per heavy atom. The molecule has 1 fully saturated rings. The maximum absolute atomic E-state index is 5.81. The third-order valence-corrected chi connectivity index (χ3v) is 4.84. The summed E-state index contributed by atoms with van der Waals surface area (Å²) in [6, 6.07) is 0.744. The number of piperidine rings is 1. The third-order valence-electron chi connectivity index (χ3n) is 4.84. The van der Waals surface area contributed by atoms with E-state index in [1.54, 1.807) is 7.05 Å². The van der Waals surface area contributed by atoms with Gasteiger partial charge in [-0.05, 0) is 25.8 Å². The fraction of sp³-hybridized carbons (Fsp3) is 0.789. The Hall–Kier alpha value is -1.56. The molecule has 1 aliphatic heterocycles. The predicted octanol–water partition coefficient (Wildman–Crippen LogP) is 2.90. The fourth-order valence-electron chi connectivity index (χ4n) is 3.25. The molecule has 0 aromatic carbocycles. The zero-order valence-electron chi connectivity index (χ0n) is 16.6. The Balaban J connectivity index is 1.74. The molecule has 0 bridgehead atoms. The SMILES string of the molecule is CCC1CCCCN1CCNC(=NC)NCc1ncc(C(C)(C)C)o1. The van der Waals surface area contributed by atoms with Gasteiger partial charge >= 0.3 is 0 Å². The molecule has 0 spiro atoms. The van der Waals surface area contributed by atoms with Crippen LogP contribution < -0.4 is 10.6 Å². The standard InChI is InChI=1S/C19H35N5O/c1-6-15-9-7-8-11-24(15)12-10-21-18(20-5)23-14-17-22-13-16(25-17)19(2,3)4/h13,15H,6-12,14H2,1-5H3,(H2,20,21,23). The van der Waals surface area contributed by atoms with Crippen LogP contribution in [0.15, 0.2) is 15.6 Å². The van der Waals surface area contributed by atoms with Gasteiger partial charge in [-0.25, -0.2) is 4.98 Å².